The van der Waals surface area contributed by atoms with E-state index in [1.807, 2.05) is 0 Å². The van der Waals surface area contributed by atoms with Crippen LogP contribution in [0.4, 0.5) is 0 Å². The number of amides is 1. The largest absolute Gasteiger partial charge is 0.381 e. The molecule has 5 N–H and O–H groups in total. The van der Waals surface area contributed by atoms with Crippen LogP contribution in [0.15, 0.2) is 0 Å². The van der Waals surface area contributed by atoms with Crippen molar-refractivity contribution in [3.8, 4) is 0 Å². The predicted octanol–water partition coefficient (Wildman–Crippen LogP) is 0.858. The predicted molar refractivity (Wildman–Crippen MR) is 120 cm³/mol. The van der Waals surface area contributed by atoms with Crippen LogP contribution in [-0.4, -0.2) is 68.2 Å². The summed E-state index contributed by atoms with van der Waals surface area (Å²) in [6.45, 7) is 4.83. The van der Waals surface area contributed by atoms with E-state index in [2.05, 4.69) is 45.7 Å². The molecule has 8 nitrogen and oxygen atoms in total. The van der Waals surface area contributed by atoms with Crippen molar-refractivity contribution < 1.29 is 9.53 Å². The molecule has 2 aliphatic carbocycles. The number of carbonyl (C=O) groups is 1. The third-order valence-electron chi connectivity index (χ3n) is 8.59. The van der Waals surface area contributed by atoms with Gasteiger partial charge >= 0.3 is 0 Å². The van der Waals surface area contributed by atoms with Crippen LogP contribution in [0.1, 0.15) is 64.7 Å². The fourth-order valence-corrected chi connectivity index (χ4v) is 6.50. The average molecular weight is 435 g/mol. The summed E-state index contributed by atoms with van der Waals surface area (Å²) >= 11 is 0. The highest BCUT2D eigenvalue weighted by molar-refractivity contribution is 5.82. The number of rotatable bonds is 6. The highest BCUT2D eigenvalue weighted by Crippen LogP contribution is 2.47. The van der Waals surface area contributed by atoms with Gasteiger partial charge in [-0.25, -0.2) is 10.9 Å². The van der Waals surface area contributed by atoms with Crippen molar-refractivity contribution in [2.75, 3.05) is 26.9 Å². The lowest BCUT2D eigenvalue weighted by molar-refractivity contribution is -0.125. The summed E-state index contributed by atoms with van der Waals surface area (Å²) in [6.07, 6.45) is 11.0. The molecule has 3 saturated heterocycles. The van der Waals surface area contributed by atoms with Crippen molar-refractivity contribution in [1.82, 2.24) is 31.7 Å². The molecule has 0 spiro atoms. The lowest BCUT2D eigenvalue weighted by Gasteiger charge is -2.44. The Morgan fingerprint density at radius 1 is 1.19 bits per heavy atom. The molecule has 3 aliphatic heterocycles. The Hall–Kier alpha value is -0.770. The van der Waals surface area contributed by atoms with E-state index in [1.165, 1.54) is 25.7 Å². The van der Waals surface area contributed by atoms with E-state index < -0.39 is 0 Å². The fourth-order valence-electron chi connectivity index (χ4n) is 6.50. The molecule has 0 bridgehead atoms. The van der Waals surface area contributed by atoms with E-state index in [9.17, 15) is 4.79 Å². The zero-order chi connectivity index (χ0) is 21.4. The molecule has 0 aromatic rings. The van der Waals surface area contributed by atoms with Crippen LogP contribution < -0.4 is 26.8 Å². The minimum absolute atomic E-state index is 0.0617. The molecule has 5 rings (SSSR count). The number of carbonyl (C=O) groups excluding carboxylic acids is 1. The van der Waals surface area contributed by atoms with Crippen LogP contribution in [-0.2, 0) is 9.53 Å². The summed E-state index contributed by atoms with van der Waals surface area (Å²) in [7, 11) is 2.17. The molecule has 2 saturated carbocycles. The van der Waals surface area contributed by atoms with Gasteiger partial charge in [0.15, 0.2) is 0 Å². The van der Waals surface area contributed by atoms with Crippen molar-refractivity contribution in [3.63, 3.8) is 0 Å². The molecule has 3 heterocycles. The SMILES string of the molecule is CC1CC(C(=O)NC2CCCC([C@]3(CC4NNCN4C)CCOC3)C2)NC(C2CC2)N1. The van der Waals surface area contributed by atoms with Gasteiger partial charge in [0.1, 0.15) is 0 Å². The topological polar surface area (TPSA) is 89.7 Å². The molecular weight excluding hydrogens is 392 g/mol. The van der Waals surface area contributed by atoms with Gasteiger partial charge in [-0.05, 0) is 77.2 Å². The maximum atomic E-state index is 13.2. The second-order valence-corrected chi connectivity index (χ2v) is 11.0. The molecular formula is C23H42N6O2. The molecule has 5 fully saturated rings. The first kappa shape index (κ1) is 22.0. The maximum absolute atomic E-state index is 13.2. The summed E-state index contributed by atoms with van der Waals surface area (Å²) in [4.78, 5) is 15.5. The second kappa shape index (κ2) is 9.23. The molecule has 0 aromatic heterocycles. The third-order valence-corrected chi connectivity index (χ3v) is 8.59. The molecule has 5 aliphatic rings. The lowest BCUT2D eigenvalue weighted by atomic mass is 9.65. The summed E-state index contributed by atoms with van der Waals surface area (Å²) in [5.74, 6) is 1.53. The standard InChI is InChI=1S/C23H42N6O2/c1-15-10-19(27-21(25-15)16-6-7-16)22(30)26-18-5-3-4-17(11-18)23(8-9-31-13-23)12-20-28-24-14-29(20)2/h15-21,24-25,27-28H,3-14H2,1-2H3,(H,26,30)/t15?,17?,18?,19?,20?,21?,23-/m0/s1. The van der Waals surface area contributed by atoms with E-state index in [4.69, 9.17) is 4.74 Å². The van der Waals surface area contributed by atoms with Crippen LogP contribution in [0.2, 0.25) is 0 Å². The van der Waals surface area contributed by atoms with Gasteiger partial charge in [0.25, 0.3) is 0 Å². The van der Waals surface area contributed by atoms with Gasteiger partial charge in [-0.3, -0.25) is 20.3 Å². The van der Waals surface area contributed by atoms with Gasteiger partial charge in [-0.1, -0.05) is 6.42 Å². The minimum atomic E-state index is -0.0617. The third kappa shape index (κ3) is 4.94. The van der Waals surface area contributed by atoms with Crippen molar-refractivity contribution in [2.45, 2.75) is 95.2 Å². The minimum Gasteiger partial charge on any atom is -0.381 e. The first-order chi connectivity index (χ1) is 15.0. The normalized spacial score (nSPS) is 44.5. The first-order valence-electron chi connectivity index (χ1n) is 12.6. The van der Waals surface area contributed by atoms with Crippen molar-refractivity contribution in [2.24, 2.45) is 17.3 Å². The van der Waals surface area contributed by atoms with Crippen molar-refractivity contribution in [1.29, 1.82) is 0 Å². The van der Waals surface area contributed by atoms with E-state index in [-0.39, 0.29) is 17.4 Å². The van der Waals surface area contributed by atoms with Crippen LogP contribution in [0, 0.1) is 17.3 Å². The van der Waals surface area contributed by atoms with Gasteiger partial charge in [0, 0.05) is 24.1 Å². The van der Waals surface area contributed by atoms with Gasteiger partial charge in [0.2, 0.25) is 5.91 Å². The Morgan fingerprint density at radius 2 is 2.06 bits per heavy atom. The Morgan fingerprint density at radius 3 is 2.77 bits per heavy atom. The molecule has 0 radical (unpaired) electrons. The molecule has 8 heteroatoms. The molecule has 6 unspecified atom stereocenters. The van der Waals surface area contributed by atoms with E-state index in [0.29, 0.717) is 36.3 Å². The second-order valence-electron chi connectivity index (χ2n) is 11.0. The quantitative estimate of drug-likeness (QED) is 0.424. The zero-order valence-electron chi connectivity index (χ0n) is 19.3. The van der Waals surface area contributed by atoms with E-state index in [0.717, 1.165) is 52.0 Å². The molecule has 0 aromatic carbocycles. The van der Waals surface area contributed by atoms with Crippen molar-refractivity contribution >= 4 is 5.91 Å². The zero-order valence-corrected chi connectivity index (χ0v) is 19.3. The summed E-state index contributed by atoms with van der Waals surface area (Å²) in [5, 5.41) is 10.7. The summed E-state index contributed by atoms with van der Waals surface area (Å²) < 4.78 is 5.95. The molecule has 176 valence electrons. The van der Waals surface area contributed by atoms with Gasteiger partial charge in [0.05, 0.1) is 31.6 Å². The Balaban J connectivity index is 1.19. The number of ether oxygens (including phenoxy) is 1. The Bertz CT molecular complexity index is 638. The Labute approximate surface area is 186 Å². The van der Waals surface area contributed by atoms with Crippen LogP contribution in [0.25, 0.3) is 0 Å². The van der Waals surface area contributed by atoms with Gasteiger partial charge in [-0.2, -0.15) is 0 Å². The molecule has 1 amide bonds. The first-order valence-corrected chi connectivity index (χ1v) is 12.6. The van der Waals surface area contributed by atoms with E-state index in [1.54, 1.807) is 0 Å². The monoisotopic (exact) mass is 434 g/mol. The fraction of sp³-hybridized carbons (Fsp3) is 0.957. The summed E-state index contributed by atoms with van der Waals surface area (Å²) in [6, 6.07) is 0.626. The van der Waals surface area contributed by atoms with Crippen LogP contribution in [0.5, 0.6) is 0 Å². The smallest absolute Gasteiger partial charge is 0.237 e. The van der Waals surface area contributed by atoms with Crippen molar-refractivity contribution in [3.05, 3.63) is 0 Å². The Kier molecular flexibility index (Phi) is 6.57. The van der Waals surface area contributed by atoms with Gasteiger partial charge in [-0.15, -0.1) is 0 Å². The summed E-state index contributed by atoms with van der Waals surface area (Å²) in [5.41, 5.74) is 6.94. The van der Waals surface area contributed by atoms with Crippen LogP contribution >= 0.6 is 0 Å². The number of hydrogen-bond acceptors (Lipinski definition) is 7. The maximum Gasteiger partial charge on any atom is 0.237 e. The highest BCUT2D eigenvalue weighted by Gasteiger charge is 2.47. The lowest BCUT2D eigenvalue weighted by Crippen LogP contribution is -2.63. The van der Waals surface area contributed by atoms with Crippen LogP contribution in [0.3, 0.4) is 0 Å². The molecule has 31 heavy (non-hydrogen) atoms. The average Bonchev–Trinajstić information content (AvgIpc) is 3.38. The van der Waals surface area contributed by atoms with Gasteiger partial charge < -0.3 is 10.1 Å². The molecule has 7 atom stereocenters. The number of hydrogen-bond donors (Lipinski definition) is 5. The number of hydrazine groups is 1. The highest BCUT2D eigenvalue weighted by atomic mass is 16.5. The number of nitrogens with zero attached hydrogens (tertiary/aromatic N) is 1. The number of nitrogens with one attached hydrogen (secondary N) is 5. The van der Waals surface area contributed by atoms with E-state index >= 15 is 0 Å².